The Balaban J connectivity index is 1.68. The number of rotatable bonds is 8. The predicted octanol–water partition coefficient (Wildman–Crippen LogP) is 5.13. The van der Waals surface area contributed by atoms with Crippen molar-refractivity contribution >= 4 is 23.2 Å². The third-order valence-corrected chi connectivity index (χ3v) is 5.25. The van der Waals surface area contributed by atoms with Crippen molar-refractivity contribution in [3.8, 4) is 16.9 Å². The highest BCUT2D eigenvalue weighted by molar-refractivity contribution is 7.12. The Labute approximate surface area is 180 Å². The summed E-state index contributed by atoms with van der Waals surface area (Å²) < 4.78 is 40.7. The van der Waals surface area contributed by atoms with E-state index in [0.29, 0.717) is 22.4 Å². The first kappa shape index (κ1) is 22.4. The molecule has 1 amide bonds. The summed E-state index contributed by atoms with van der Waals surface area (Å²) in [7, 11) is 0. The number of hydrogen-bond acceptors (Lipinski definition) is 4. The van der Waals surface area contributed by atoms with Crippen LogP contribution >= 0.6 is 11.3 Å². The van der Waals surface area contributed by atoms with Crippen molar-refractivity contribution in [3.05, 3.63) is 76.5 Å². The Morgan fingerprint density at radius 1 is 1.03 bits per heavy atom. The Kier molecular flexibility index (Phi) is 6.96. The maximum atomic E-state index is 12.6. The standard InChI is InChI=1S/C22H18F3NO4S/c23-22(24,25)30-18-8-6-15(7-9-18)16-11-19(31-13-16)21(29)26-17(12-20(27)28)10-14-4-2-1-3-5-14/h1-9,11,13,17H,10,12H2,(H,26,29)(H,27,28)/t17-/m0/s1. The van der Waals surface area contributed by atoms with Gasteiger partial charge in [-0.1, -0.05) is 42.5 Å². The van der Waals surface area contributed by atoms with Crippen molar-refractivity contribution in [3.63, 3.8) is 0 Å². The molecule has 2 N–H and O–H groups in total. The number of amides is 1. The highest BCUT2D eigenvalue weighted by Gasteiger charge is 2.31. The molecule has 0 radical (unpaired) electrons. The summed E-state index contributed by atoms with van der Waals surface area (Å²) in [6, 6.07) is 15.6. The van der Waals surface area contributed by atoms with E-state index in [4.69, 9.17) is 5.11 Å². The molecule has 0 bridgehead atoms. The summed E-state index contributed by atoms with van der Waals surface area (Å²) in [5.74, 6) is -1.76. The van der Waals surface area contributed by atoms with E-state index in [1.54, 1.807) is 11.4 Å². The van der Waals surface area contributed by atoms with Gasteiger partial charge in [0.2, 0.25) is 0 Å². The van der Waals surface area contributed by atoms with E-state index in [2.05, 4.69) is 10.1 Å². The van der Waals surface area contributed by atoms with Crippen LogP contribution in [0.15, 0.2) is 66.0 Å². The van der Waals surface area contributed by atoms with Gasteiger partial charge in [-0.25, -0.2) is 0 Å². The SMILES string of the molecule is O=C(O)C[C@H](Cc1ccccc1)NC(=O)c1cc(-c2ccc(OC(F)(F)F)cc2)cs1. The molecule has 1 atom stereocenters. The largest absolute Gasteiger partial charge is 0.573 e. The molecule has 0 aliphatic carbocycles. The van der Waals surface area contributed by atoms with E-state index >= 15 is 0 Å². The minimum Gasteiger partial charge on any atom is -0.481 e. The van der Waals surface area contributed by atoms with E-state index < -0.39 is 24.3 Å². The molecular formula is C22H18F3NO4S. The minimum atomic E-state index is -4.76. The first-order valence-electron chi connectivity index (χ1n) is 9.21. The first-order valence-corrected chi connectivity index (χ1v) is 10.1. The smallest absolute Gasteiger partial charge is 0.481 e. The number of carbonyl (C=O) groups is 2. The third-order valence-electron chi connectivity index (χ3n) is 4.33. The monoisotopic (exact) mass is 449 g/mol. The van der Waals surface area contributed by atoms with Gasteiger partial charge in [0.25, 0.3) is 5.91 Å². The molecule has 0 saturated heterocycles. The second kappa shape index (κ2) is 9.65. The van der Waals surface area contributed by atoms with Gasteiger partial charge in [-0.15, -0.1) is 24.5 Å². The van der Waals surface area contributed by atoms with Gasteiger partial charge in [0.15, 0.2) is 0 Å². The summed E-state index contributed by atoms with van der Waals surface area (Å²) in [5.41, 5.74) is 2.19. The number of ether oxygens (including phenoxy) is 1. The van der Waals surface area contributed by atoms with Crippen molar-refractivity contribution < 1.29 is 32.6 Å². The zero-order valence-electron chi connectivity index (χ0n) is 16.1. The fourth-order valence-electron chi connectivity index (χ4n) is 3.00. The van der Waals surface area contributed by atoms with Crippen LogP contribution in [0, 0.1) is 0 Å². The van der Waals surface area contributed by atoms with Crippen LogP contribution in [0.1, 0.15) is 21.7 Å². The number of thiophene rings is 1. The van der Waals surface area contributed by atoms with Crippen LogP contribution in [0.5, 0.6) is 5.75 Å². The van der Waals surface area contributed by atoms with Gasteiger partial charge >= 0.3 is 12.3 Å². The molecular weight excluding hydrogens is 431 g/mol. The fourth-order valence-corrected chi connectivity index (χ4v) is 3.81. The average Bonchev–Trinajstić information content (AvgIpc) is 3.18. The van der Waals surface area contributed by atoms with Crippen LogP contribution in [0.2, 0.25) is 0 Å². The molecule has 0 unspecified atom stereocenters. The molecule has 5 nitrogen and oxygen atoms in total. The van der Waals surface area contributed by atoms with Crippen molar-refractivity contribution in [1.29, 1.82) is 0 Å². The molecule has 162 valence electrons. The van der Waals surface area contributed by atoms with E-state index in [-0.39, 0.29) is 12.2 Å². The number of hydrogen-bond donors (Lipinski definition) is 2. The van der Waals surface area contributed by atoms with E-state index in [1.807, 2.05) is 30.3 Å². The van der Waals surface area contributed by atoms with Crippen LogP contribution in [0.4, 0.5) is 13.2 Å². The number of carboxylic acids is 1. The quantitative estimate of drug-likeness (QED) is 0.500. The summed E-state index contributed by atoms with van der Waals surface area (Å²) in [5, 5.41) is 13.6. The van der Waals surface area contributed by atoms with Crippen molar-refractivity contribution in [2.24, 2.45) is 0 Å². The van der Waals surface area contributed by atoms with E-state index in [0.717, 1.165) is 16.9 Å². The molecule has 0 spiro atoms. The molecule has 1 aromatic heterocycles. The topological polar surface area (TPSA) is 75.6 Å². The van der Waals surface area contributed by atoms with Gasteiger partial charge in [-0.05, 0) is 46.7 Å². The Morgan fingerprint density at radius 2 is 1.71 bits per heavy atom. The second-order valence-corrected chi connectivity index (χ2v) is 7.64. The van der Waals surface area contributed by atoms with Gasteiger partial charge in [0, 0.05) is 6.04 Å². The number of halogens is 3. The fraction of sp³-hybridized carbons (Fsp3) is 0.182. The summed E-state index contributed by atoms with van der Waals surface area (Å²) in [6.45, 7) is 0. The summed E-state index contributed by atoms with van der Waals surface area (Å²) >= 11 is 1.16. The van der Waals surface area contributed by atoms with Crippen LogP contribution in [0.3, 0.4) is 0 Å². The van der Waals surface area contributed by atoms with E-state index in [1.165, 1.54) is 24.3 Å². The molecule has 1 heterocycles. The number of aliphatic carboxylic acids is 1. The van der Waals surface area contributed by atoms with Gasteiger partial charge < -0.3 is 15.2 Å². The lowest BCUT2D eigenvalue weighted by molar-refractivity contribution is -0.274. The second-order valence-electron chi connectivity index (χ2n) is 6.73. The molecule has 0 saturated carbocycles. The lowest BCUT2D eigenvalue weighted by Gasteiger charge is -2.16. The Bertz CT molecular complexity index is 1030. The Morgan fingerprint density at radius 3 is 2.32 bits per heavy atom. The highest BCUT2D eigenvalue weighted by atomic mass is 32.1. The van der Waals surface area contributed by atoms with Gasteiger partial charge in [0.1, 0.15) is 5.75 Å². The summed E-state index contributed by atoms with van der Waals surface area (Å²) in [4.78, 5) is 24.2. The van der Waals surface area contributed by atoms with Crippen molar-refractivity contribution in [2.75, 3.05) is 0 Å². The normalized spacial score (nSPS) is 12.2. The van der Waals surface area contributed by atoms with Crippen molar-refractivity contribution in [1.82, 2.24) is 5.32 Å². The maximum absolute atomic E-state index is 12.6. The lowest BCUT2D eigenvalue weighted by atomic mass is 10.0. The number of nitrogens with one attached hydrogen (secondary N) is 1. The van der Waals surface area contributed by atoms with Gasteiger partial charge in [-0.3, -0.25) is 9.59 Å². The van der Waals surface area contributed by atoms with Gasteiger partial charge in [0.05, 0.1) is 11.3 Å². The molecule has 31 heavy (non-hydrogen) atoms. The number of benzene rings is 2. The number of carbonyl (C=O) groups excluding carboxylic acids is 1. The molecule has 0 aliphatic heterocycles. The molecule has 9 heteroatoms. The van der Waals surface area contributed by atoms with Crippen molar-refractivity contribution in [2.45, 2.75) is 25.2 Å². The highest BCUT2D eigenvalue weighted by Crippen LogP contribution is 2.29. The molecule has 2 aromatic carbocycles. The zero-order valence-corrected chi connectivity index (χ0v) is 16.9. The van der Waals surface area contributed by atoms with Crippen LogP contribution in [-0.4, -0.2) is 29.4 Å². The first-order chi connectivity index (χ1) is 14.7. The molecule has 3 aromatic rings. The van der Waals surface area contributed by atoms with E-state index in [9.17, 15) is 22.8 Å². The van der Waals surface area contributed by atoms with Crippen LogP contribution in [-0.2, 0) is 11.2 Å². The number of alkyl halides is 3. The molecule has 0 aliphatic rings. The number of carboxylic acid groups (broad SMARTS) is 1. The predicted molar refractivity (Wildman–Crippen MR) is 110 cm³/mol. The lowest BCUT2D eigenvalue weighted by Crippen LogP contribution is -2.37. The zero-order chi connectivity index (χ0) is 22.4. The summed E-state index contributed by atoms with van der Waals surface area (Å²) in [6.07, 6.45) is -4.61. The molecule has 3 rings (SSSR count). The third kappa shape index (κ3) is 6.85. The van der Waals surface area contributed by atoms with Gasteiger partial charge in [-0.2, -0.15) is 0 Å². The molecule has 0 fully saturated rings. The van der Waals surface area contributed by atoms with Crippen LogP contribution < -0.4 is 10.1 Å². The van der Waals surface area contributed by atoms with Crippen LogP contribution in [0.25, 0.3) is 11.1 Å². The maximum Gasteiger partial charge on any atom is 0.573 e. The minimum absolute atomic E-state index is 0.223. The average molecular weight is 449 g/mol. The Hall–Kier alpha value is -3.33.